The molecule has 7 nitrogen and oxygen atoms in total. The molecular formula is C20H33N3O4. The number of amides is 3. The van der Waals surface area contributed by atoms with Crippen LogP contribution in [0.2, 0.25) is 0 Å². The fourth-order valence-electron chi connectivity index (χ4n) is 3.58. The lowest BCUT2D eigenvalue weighted by molar-refractivity contribution is -0.134. The molecule has 2 aliphatic rings. The van der Waals surface area contributed by atoms with E-state index in [4.69, 9.17) is 4.74 Å². The van der Waals surface area contributed by atoms with Crippen molar-refractivity contribution >= 4 is 17.9 Å². The first-order chi connectivity index (χ1) is 13.0. The van der Waals surface area contributed by atoms with Crippen LogP contribution in [-0.4, -0.2) is 78.5 Å². The summed E-state index contributed by atoms with van der Waals surface area (Å²) in [5.41, 5.74) is 1.44. The second-order valence-corrected chi connectivity index (χ2v) is 7.18. The standard InChI is InChI=1S/C20H33N3O4/c1-3-27-20(26)23-15-13-22(14-16-23)19(25)10-12-21(17(2)24)11-9-18-7-5-4-6-8-18/h7H,3-6,8-16H2,1-2H3. The molecule has 1 aliphatic heterocycles. The molecule has 0 radical (unpaired) electrons. The first-order valence-corrected chi connectivity index (χ1v) is 10.1. The van der Waals surface area contributed by atoms with Crippen molar-refractivity contribution in [2.75, 3.05) is 45.9 Å². The van der Waals surface area contributed by atoms with Gasteiger partial charge in [0.25, 0.3) is 0 Å². The van der Waals surface area contributed by atoms with Crippen LogP contribution < -0.4 is 0 Å². The Hall–Kier alpha value is -2.05. The van der Waals surface area contributed by atoms with E-state index in [9.17, 15) is 14.4 Å². The van der Waals surface area contributed by atoms with Crippen LogP contribution in [0.25, 0.3) is 0 Å². The van der Waals surface area contributed by atoms with Gasteiger partial charge in [-0.3, -0.25) is 9.59 Å². The second-order valence-electron chi connectivity index (χ2n) is 7.18. The molecule has 1 fully saturated rings. The molecule has 0 spiro atoms. The average Bonchev–Trinajstić information content (AvgIpc) is 2.68. The summed E-state index contributed by atoms with van der Waals surface area (Å²) in [6, 6.07) is 0. The molecule has 0 saturated carbocycles. The molecular weight excluding hydrogens is 346 g/mol. The van der Waals surface area contributed by atoms with E-state index in [0.29, 0.717) is 52.3 Å². The van der Waals surface area contributed by atoms with Crippen LogP contribution in [-0.2, 0) is 14.3 Å². The molecule has 0 aromatic heterocycles. The second kappa shape index (κ2) is 10.9. The predicted molar refractivity (Wildman–Crippen MR) is 103 cm³/mol. The molecule has 0 N–H and O–H groups in total. The third kappa shape index (κ3) is 6.88. The number of nitrogens with zero attached hydrogens (tertiary/aromatic N) is 3. The van der Waals surface area contributed by atoms with Gasteiger partial charge in [-0.1, -0.05) is 11.6 Å². The van der Waals surface area contributed by atoms with Crippen molar-refractivity contribution in [2.24, 2.45) is 0 Å². The minimum Gasteiger partial charge on any atom is -0.450 e. The molecule has 3 amide bonds. The third-order valence-electron chi connectivity index (χ3n) is 5.29. The highest BCUT2D eigenvalue weighted by molar-refractivity contribution is 5.78. The van der Waals surface area contributed by atoms with Crippen LogP contribution in [0.3, 0.4) is 0 Å². The van der Waals surface area contributed by atoms with Gasteiger partial charge in [-0.2, -0.15) is 0 Å². The first kappa shape index (κ1) is 21.3. The third-order valence-corrected chi connectivity index (χ3v) is 5.29. The van der Waals surface area contributed by atoms with Crippen LogP contribution in [0.1, 0.15) is 52.4 Å². The van der Waals surface area contributed by atoms with Gasteiger partial charge in [0.05, 0.1) is 6.61 Å². The normalized spacial score (nSPS) is 17.3. The van der Waals surface area contributed by atoms with Crippen LogP contribution in [0, 0.1) is 0 Å². The fraction of sp³-hybridized carbons (Fsp3) is 0.750. The quantitative estimate of drug-likeness (QED) is 0.637. The summed E-state index contributed by atoms with van der Waals surface area (Å²) in [4.78, 5) is 41.3. The van der Waals surface area contributed by atoms with E-state index >= 15 is 0 Å². The summed E-state index contributed by atoms with van der Waals surface area (Å²) in [6.45, 7) is 6.88. The minimum absolute atomic E-state index is 0.0198. The van der Waals surface area contributed by atoms with Crippen molar-refractivity contribution in [2.45, 2.75) is 52.4 Å². The largest absolute Gasteiger partial charge is 0.450 e. The van der Waals surface area contributed by atoms with E-state index in [0.717, 1.165) is 19.3 Å². The lowest BCUT2D eigenvalue weighted by Crippen LogP contribution is -2.51. The SMILES string of the molecule is CCOC(=O)N1CCN(C(=O)CCN(CCC2=CCCCC2)C(C)=O)CC1. The van der Waals surface area contributed by atoms with Crippen LogP contribution in [0.4, 0.5) is 4.79 Å². The predicted octanol–water partition coefficient (Wildman–Crippen LogP) is 2.42. The van der Waals surface area contributed by atoms with E-state index in [1.165, 1.54) is 18.4 Å². The fourth-order valence-corrected chi connectivity index (χ4v) is 3.58. The van der Waals surface area contributed by atoms with Gasteiger partial charge < -0.3 is 19.4 Å². The number of rotatable bonds is 7. The van der Waals surface area contributed by atoms with Crippen LogP contribution >= 0.6 is 0 Å². The zero-order valence-electron chi connectivity index (χ0n) is 16.7. The van der Waals surface area contributed by atoms with E-state index in [-0.39, 0.29) is 17.9 Å². The Labute approximate surface area is 162 Å². The Balaban J connectivity index is 1.73. The van der Waals surface area contributed by atoms with Gasteiger partial charge in [0.15, 0.2) is 0 Å². The number of carbonyl (C=O) groups excluding carboxylic acids is 3. The molecule has 7 heteroatoms. The minimum atomic E-state index is -0.315. The zero-order valence-corrected chi connectivity index (χ0v) is 16.7. The number of piperazine rings is 1. The summed E-state index contributed by atoms with van der Waals surface area (Å²) in [5.74, 6) is 0.0629. The average molecular weight is 380 g/mol. The highest BCUT2D eigenvalue weighted by Crippen LogP contribution is 2.20. The Morgan fingerprint density at radius 1 is 1.07 bits per heavy atom. The van der Waals surface area contributed by atoms with Crippen molar-refractivity contribution in [1.29, 1.82) is 0 Å². The smallest absolute Gasteiger partial charge is 0.409 e. The number of allylic oxidation sites excluding steroid dienone is 1. The maximum absolute atomic E-state index is 12.5. The van der Waals surface area contributed by atoms with E-state index in [1.54, 1.807) is 28.5 Å². The zero-order chi connectivity index (χ0) is 19.6. The van der Waals surface area contributed by atoms with E-state index in [2.05, 4.69) is 6.08 Å². The number of carbonyl (C=O) groups is 3. The van der Waals surface area contributed by atoms with Gasteiger partial charge in [-0.15, -0.1) is 0 Å². The highest BCUT2D eigenvalue weighted by atomic mass is 16.6. The van der Waals surface area contributed by atoms with Gasteiger partial charge in [0.2, 0.25) is 11.8 Å². The molecule has 1 heterocycles. The topological polar surface area (TPSA) is 70.2 Å². The maximum atomic E-state index is 12.5. The van der Waals surface area contributed by atoms with Gasteiger partial charge in [0, 0.05) is 52.6 Å². The van der Waals surface area contributed by atoms with E-state index in [1.807, 2.05) is 0 Å². The summed E-state index contributed by atoms with van der Waals surface area (Å²) in [7, 11) is 0. The van der Waals surface area contributed by atoms with E-state index < -0.39 is 0 Å². The lowest BCUT2D eigenvalue weighted by Gasteiger charge is -2.34. The van der Waals surface area contributed by atoms with Crippen molar-refractivity contribution in [3.8, 4) is 0 Å². The summed E-state index contributed by atoms with van der Waals surface area (Å²) in [5, 5.41) is 0. The molecule has 152 valence electrons. The summed E-state index contributed by atoms with van der Waals surface area (Å²) < 4.78 is 4.99. The van der Waals surface area contributed by atoms with Gasteiger partial charge in [0.1, 0.15) is 0 Å². The Bertz CT molecular complexity index is 553. The monoisotopic (exact) mass is 379 g/mol. The molecule has 0 unspecified atom stereocenters. The molecule has 1 saturated heterocycles. The Morgan fingerprint density at radius 3 is 2.37 bits per heavy atom. The molecule has 2 rings (SSSR count). The molecule has 0 aromatic rings. The Morgan fingerprint density at radius 2 is 1.78 bits per heavy atom. The van der Waals surface area contributed by atoms with Gasteiger partial charge >= 0.3 is 6.09 Å². The number of hydrogen-bond acceptors (Lipinski definition) is 4. The highest BCUT2D eigenvalue weighted by Gasteiger charge is 2.25. The Kier molecular flexibility index (Phi) is 8.61. The molecule has 1 aliphatic carbocycles. The number of hydrogen-bond donors (Lipinski definition) is 0. The summed E-state index contributed by atoms with van der Waals surface area (Å²) in [6.07, 6.45) is 8.01. The molecule has 27 heavy (non-hydrogen) atoms. The molecule has 0 bridgehead atoms. The molecule has 0 atom stereocenters. The summed E-state index contributed by atoms with van der Waals surface area (Å²) >= 11 is 0. The maximum Gasteiger partial charge on any atom is 0.409 e. The van der Waals surface area contributed by atoms with Crippen molar-refractivity contribution in [1.82, 2.24) is 14.7 Å². The first-order valence-electron chi connectivity index (χ1n) is 10.1. The van der Waals surface area contributed by atoms with Crippen LogP contribution in [0.15, 0.2) is 11.6 Å². The van der Waals surface area contributed by atoms with Crippen molar-refractivity contribution in [3.05, 3.63) is 11.6 Å². The lowest BCUT2D eigenvalue weighted by atomic mass is 9.97. The van der Waals surface area contributed by atoms with Gasteiger partial charge in [-0.25, -0.2) is 4.79 Å². The van der Waals surface area contributed by atoms with Crippen molar-refractivity contribution < 1.29 is 19.1 Å². The van der Waals surface area contributed by atoms with Gasteiger partial charge in [-0.05, 0) is 39.0 Å². The van der Waals surface area contributed by atoms with Crippen LogP contribution in [0.5, 0.6) is 0 Å². The number of ether oxygens (including phenoxy) is 1. The molecule has 0 aromatic carbocycles. The van der Waals surface area contributed by atoms with Crippen molar-refractivity contribution in [3.63, 3.8) is 0 Å².